The van der Waals surface area contributed by atoms with Crippen molar-refractivity contribution in [3.63, 3.8) is 0 Å². The lowest BCUT2D eigenvalue weighted by Gasteiger charge is -2.29. The molecule has 1 rings (SSSR count). The molecule has 0 amide bonds. The molecule has 0 bridgehead atoms. The summed E-state index contributed by atoms with van der Waals surface area (Å²) in [6.45, 7) is 8.31. The Kier molecular flexibility index (Phi) is 6.84. The molecule has 1 aromatic rings. The minimum atomic E-state index is 0.209. The van der Waals surface area contributed by atoms with Crippen LogP contribution in [-0.4, -0.2) is 22.2 Å². The van der Waals surface area contributed by atoms with E-state index in [0.717, 1.165) is 42.5 Å². The number of nitrogens with zero attached hydrogens (tertiary/aromatic N) is 2. The first-order valence-electron chi connectivity index (χ1n) is 7.00. The van der Waals surface area contributed by atoms with E-state index in [9.17, 15) is 0 Å². The summed E-state index contributed by atoms with van der Waals surface area (Å²) in [6, 6.07) is 0. The third kappa shape index (κ3) is 3.96. The first-order valence-corrected chi connectivity index (χ1v) is 8.33. The fourth-order valence-electron chi connectivity index (χ4n) is 2.19. The van der Waals surface area contributed by atoms with Gasteiger partial charge in [0.2, 0.25) is 0 Å². The molecule has 0 saturated carbocycles. The zero-order valence-electron chi connectivity index (χ0n) is 12.4. The van der Waals surface area contributed by atoms with Crippen LogP contribution in [0.3, 0.4) is 0 Å². The van der Waals surface area contributed by atoms with Crippen LogP contribution in [0.1, 0.15) is 45.0 Å². The molecule has 0 radical (unpaired) electrons. The molecular weight excluding hydrogens is 326 g/mol. The van der Waals surface area contributed by atoms with Gasteiger partial charge in [-0.2, -0.15) is 5.10 Å². The van der Waals surface area contributed by atoms with Crippen LogP contribution in [0.25, 0.3) is 0 Å². The average Bonchev–Trinajstić information content (AvgIpc) is 2.71. The van der Waals surface area contributed by atoms with Crippen molar-refractivity contribution in [2.75, 3.05) is 12.4 Å². The minimum Gasteiger partial charge on any atom is -0.311 e. The number of hydrogen-bond acceptors (Lipinski definition) is 2. The van der Waals surface area contributed by atoms with Gasteiger partial charge < -0.3 is 5.32 Å². The maximum Gasteiger partial charge on any atom is 0.0767 e. The normalized spacial score (nSPS) is 12.1. The number of aromatic nitrogens is 2. The van der Waals surface area contributed by atoms with Crippen LogP contribution in [0.5, 0.6) is 0 Å². The van der Waals surface area contributed by atoms with Gasteiger partial charge in [0.25, 0.3) is 0 Å². The zero-order chi connectivity index (χ0) is 14.5. The van der Waals surface area contributed by atoms with E-state index in [2.05, 4.69) is 47.1 Å². The molecule has 19 heavy (non-hydrogen) atoms. The summed E-state index contributed by atoms with van der Waals surface area (Å²) in [5, 5.41) is 8.05. The highest BCUT2D eigenvalue weighted by molar-refractivity contribution is 9.10. The molecule has 0 aliphatic carbocycles. The molecule has 110 valence electrons. The molecule has 1 heterocycles. The Morgan fingerprint density at radius 3 is 2.37 bits per heavy atom. The van der Waals surface area contributed by atoms with Gasteiger partial charge in [0.15, 0.2) is 0 Å². The van der Waals surface area contributed by atoms with Gasteiger partial charge in [0, 0.05) is 26.0 Å². The lowest BCUT2D eigenvalue weighted by Crippen LogP contribution is -2.35. The Hall–Kier alpha value is -0.0600. The van der Waals surface area contributed by atoms with Crippen LogP contribution in [0.2, 0.25) is 0 Å². The Morgan fingerprint density at radius 2 is 1.95 bits per heavy atom. The number of halogens is 2. The molecule has 0 atom stereocenters. The Balaban J connectivity index is 2.65. The summed E-state index contributed by atoms with van der Waals surface area (Å²) in [4.78, 5) is 0. The highest BCUT2D eigenvalue weighted by Crippen LogP contribution is 2.27. The first kappa shape index (κ1) is 17.0. The van der Waals surface area contributed by atoms with Crippen LogP contribution in [0.15, 0.2) is 4.47 Å². The SMILES string of the molecule is CCc1nn(C)c(CNCC(CC)(CC)CCl)c1Br. The molecule has 1 N–H and O–H groups in total. The second-order valence-corrected chi connectivity index (χ2v) is 6.19. The van der Waals surface area contributed by atoms with E-state index >= 15 is 0 Å². The maximum absolute atomic E-state index is 6.13. The minimum absolute atomic E-state index is 0.209. The Bertz CT molecular complexity index is 391. The van der Waals surface area contributed by atoms with E-state index < -0.39 is 0 Å². The molecular formula is C14H25BrClN3. The third-order valence-electron chi connectivity index (χ3n) is 4.08. The van der Waals surface area contributed by atoms with Crippen molar-refractivity contribution < 1.29 is 0 Å². The lowest BCUT2D eigenvalue weighted by atomic mass is 9.84. The van der Waals surface area contributed by atoms with Crippen molar-refractivity contribution in [2.45, 2.75) is 46.6 Å². The summed E-state index contributed by atoms with van der Waals surface area (Å²) in [6.07, 6.45) is 3.16. The van der Waals surface area contributed by atoms with Crippen LogP contribution in [0.4, 0.5) is 0 Å². The van der Waals surface area contributed by atoms with E-state index in [-0.39, 0.29) is 5.41 Å². The fraction of sp³-hybridized carbons (Fsp3) is 0.786. The van der Waals surface area contributed by atoms with Crippen molar-refractivity contribution in [3.05, 3.63) is 15.9 Å². The van der Waals surface area contributed by atoms with Crippen LogP contribution >= 0.6 is 27.5 Å². The molecule has 0 aliphatic heterocycles. The third-order valence-corrected chi connectivity index (χ3v) is 5.56. The van der Waals surface area contributed by atoms with Gasteiger partial charge in [-0.05, 0) is 40.6 Å². The fourth-order valence-corrected chi connectivity index (χ4v) is 3.42. The maximum atomic E-state index is 6.13. The predicted molar refractivity (Wildman–Crippen MR) is 85.7 cm³/mol. The number of aryl methyl sites for hydroxylation is 2. The Morgan fingerprint density at radius 1 is 1.32 bits per heavy atom. The topological polar surface area (TPSA) is 29.9 Å². The zero-order valence-corrected chi connectivity index (χ0v) is 14.7. The lowest BCUT2D eigenvalue weighted by molar-refractivity contribution is 0.285. The highest BCUT2D eigenvalue weighted by Gasteiger charge is 2.24. The van der Waals surface area contributed by atoms with Crippen molar-refractivity contribution >= 4 is 27.5 Å². The molecule has 0 aromatic carbocycles. The van der Waals surface area contributed by atoms with Gasteiger partial charge in [0.05, 0.1) is 15.9 Å². The van der Waals surface area contributed by atoms with Crippen LogP contribution in [0, 0.1) is 5.41 Å². The smallest absolute Gasteiger partial charge is 0.0767 e. The second kappa shape index (κ2) is 7.65. The molecule has 5 heteroatoms. The van der Waals surface area contributed by atoms with E-state index in [0.29, 0.717) is 5.88 Å². The molecule has 1 aromatic heterocycles. The van der Waals surface area contributed by atoms with E-state index in [1.165, 1.54) is 5.69 Å². The van der Waals surface area contributed by atoms with Crippen LogP contribution < -0.4 is 5.32 Å². The molecule has 0 saturated heterocycles. The highest BCUT2D eigenvalue weighted by atomic mass is 79.9. The molecule has 0 fully saturated rings. The van der Waals surface area contributed by atoms with E-state index in [1.807, 2.05) is 11.7 Å². The van der Waals surface area contributed by atoms with Gasteiger partial charge >= 0.3 is 0 Å². The number of rotatable bonds is 8. The van der Waals surface area contributed by atoms with Crippen molar-refractivity contribution in [3.8, 4) is 0 Å². The summed E-state index contributed by atoms with van der Waals surface area (Å²) in [5.74, 6) is 0.708. The predicted octanol–water partition coefficient (Wildman–Crippen LogP) is 3.88. The summed E-state index contributed by atoms with van der Waals surface area (Å²) in [7, 11) is 2.00. The summed E-state index contributed by atoms with van der Waals surface area (Å²) < 4.78 is 3.09. The quantitative estimate of drug-likeness (QED) is 0.721. The van der Waals surface area contributed by atoms with Gasteiger partial charge in [-0.3, -0.25) is 4.68 Å². The molecule has 0 unspecified atom stereocenters. The van der Waals surface area contributed by atoms with Gasteiger partial charge in [-0.15, -0.1) is 11.6 Å². The van der Waals surface area contributed by atoms with Crippen molar-refractivity contribution in [1.29, 1.82) is 0 Å². The monoisotopic (exact) mass is 349 g/mol. The first-order chi connectivity index (χ1) is 9.03. The van der Waals surface area contributed by atoms with Crippen LogP contribution in [-0.2, 0) is 20.0 Å². The summed E-state index contributed by atoms with van der Waals surface area (Å²) in [5.41, 5.74) is 2.53. The standard InChI is InChI=1S/C14H25BrClN3/c1-5-11-13(15)12(19(4)18-11)8-17-10-14(6-2,7-3)9-16/h17H,5-10H2,1-4H3. The van der Waals surface area contributed by atoms with Crippen molar-refractivity contribution in [2.24, 2.45) is 12.5 Å². The average molecular weight is 351 g/mol. The van der Waals surface area contributed by atoms with Gasteiger partial charge in [-0.25, -0.2) is 0 Å². The summed E-state index contributed by atoms with van der Waals surface area (Å²) >= 11 is 9.77. The number of nitrogens with one attached hydrogen (secondary N) is 1. The number of alkyl halides is 1. The molecule has 0 aliphatic rings. The molecule has 3 nitrogen and oxygen atoms in total. The van der Waals surface area contributed by atoms with E-state index in [1.54, 1.807) is 0 Å². The van der Waals surface area contributed by atoms with Gasteiger partial charge in [-0.1, -0.05) is 20.8 Å². The Labute approximate surface area is 130 Å². The second-order valence-electron chi connectivity index (χ2n) is 5.13. The largest absolute Gasteiger partial charge is 0.311 e. The van der Waals surface area contributed by atoms with Gasteiger partial charge in [0.1, 0.15) is 0 Å². The molecule has 0 spiro atoms. The van der Waals surface area contributed by atoms with E-state index in [4.69, 9.17) is 11.6 Å². The number of hydrogen-bond donors (Lipinski definition) is 1. The van der Waals surface area contributed by atoms with Crippen molar-refractivity contribution in [1.82, 2.24) is 15.1 Å².